The number of benzene rings is 1. The predicted molar refractivity (Wildman–Crippen MR) is 69.2 cm³/mol. The highest BCUT2D eigenvalue weighted by Crippen LogP contribution is 2.04. The lowest BCUT2D eigenvalue weighted by Gasteiger charge is -2.07. The van der Waals surface area contributed by atoms with Crippen LogP contribution in [0.25, 0.3) is 0 Å². The van der Waals surface area contributed by atoms with E-state index in [4.69, 9.17) is 0 Å². The van der Waals surface area contributed by atoms with Crippen LogP contribution in [0.15, 0.2) is 49.1 Å². The number of hydrogen-bond donors (Lipinski definition) is 2. The Morgan fingerprint density at radius 3 is 2.56 bits per heavy atom. The Hall–Kier alpha value is -2.43. The van der Waals surface area contributed by atoms with Gasteiger partial charge in [0.1, 0.15) is 6.33 Å². The molecule has 2 amide bonds. The van der Waals surface area contributed by atoms with Gasteiger partial charge in [0.25, 0.3) is 0 Å². The molecule has 5 nitrogen and oxygen atoms in total. The van der Waals surface area contributed by atoms with Gasteiger partial charge >= 0.3 is 6.03 Å². The molecule has 18 heavy (non-hydrogen) atoms. The third-order valence-corrected chi connectivity index (χ3v) is 2.34. The maximum Gasteiger partial charge on any atom is 0.319 e. The predicted octanol–water partition coefficient (Wildman–Crippen LogP) is 1.84. The van der Waals surface area contributed by atoms with E-state index in [9.17, 15) is 4.79 Å². The van der Waals surface area contributed by atoms with Crippen molar-refractivity contribution in [2.24, 2.45) is 0 Å². The summed E-state index contributed by atoms with van der Waals surface area (Å²) in [6, 6.07) is 9.11. The molecule has 0 aliphatic heterocycles. The molecule has 2 rings (SSSR count). The summed E-state index contributed by atoms with van der Waals surface area (Å²) in [5.74, 6) is 0. The molecule has 0 saturated carbocycles. The number of urea groups is 1. The number of para-hydroxylation sites is 1. The standard InChI is InChI=1S/C13H14N4O/c18-13(17-12-4-2-1-3-5-12)16-7-6-11-8-14-10-15-9-11/h1-5,8-10H,6-7H2,(H2,16,17,18). The van der Waals surface area contributed by atoms with Gasteiger partial charge in [-0.05, 0) is 24.1 Å². The minimum Gasteiger partial charge on any atom is -0.338 e. The van der Waals surface area contributed by atoms with E-state index in [2.05, 4.69) is 20.6 Å². The Labute approximate surface area is 105 Å². The van der Waals surface area contributed by atoms with E-state index in [0.717, 1.165) is 11.3 Å². The van der Waals surface area contributed by atoms with E-state index < -0.39 is 0 Å². The van der Waals surface area contributed by atoms with Crippen LogP contribution in [-0.2, 0) is 6.42 Å². The summed E-state index contributed by atoms with van der Waals surface area (Å²) in [7, 11) is 0. The highest BCUT2D eigenvalue weighted by atomic mass is 16.2. The second-order valence-corrected chi connectivity index (χ2v) is 3.74. The summed E-state index contributed by atoms with van der Waals surface area (Å²) in [4.78, 5) is 19.4. The molecular weight excluding hydrogens is 228 g/mol. The van der Waals surface area contributed by atoms with Crippen molar-refractivity contribution in [1.29, 1.82) is 0 Å². The molecule has 0 spiro atoms. The number of amides is 2. The molecule has 1 heterocycles. The Balaban J connectivity index is 1.73. The van der Waals surface area contributed by atoms with Crippen LogP contribution in [0.2, 0.25) is 0 Å². The van der Waals surface area contributed by atoms with Crippen molar-refractivity contribution in [3.8, 4) is 0 Å². The number of rotatable bonds is 4. The van der Waals surface area contributed by atoms with Crippen molar-refractivity contribution in [2.45, 2.75) is 6.42 Å². The highest BCUT2D eigenvalue weighted by molar-refractivity contribution is 5.89. The van der Waals surface area contributed by atoms with Gasteiger partial charge in [-0.25, -0.2) is 14.8 Å². The minimum absolute atomic E-state index is 0.210. The van der Waals surface area contributed by atoms with Crippen LogP contribution < -0.4 is 10.6 Å². The molecule has 92 valence electrons. The van der Waals surface area contributed by atoms with Gasteiger partial charge in [-0.15, -0.1) is 0 Å². The van der Waals surface area contributed by atoms with Crippen LogP contribution >= 0.6 is 0 Å². The largest absolute Gasteiger partial charge is 0.338 e. The molecule has 2 N–H and O–H groups in total. The minimum atomic E-state index is -0.210. The number of nitrogens with one attached hydrogen (secondary N) is 2. The van der Waals surface area contributed by atoms with Crippen molar-refractivity contribution >= 4 is 11.7 Å². The van der Waals surface area contributed by atoms with E-state index >= 15 is 0 Å². The van der Waals surface area contributed by atoms with E-state index in [1.807, 2.05) is 30.3 Å². The van der Waals surface area contributed by atoms with Gasteiger partial charge in [0.05, 0.1) is 0 Å². The van der Waals surface area contributed by atoms with Crippen LogP contribution in [0, 0.1) is 0 Å². The van der Waals surface area contributed by atoms with E-state index in [1.165, 1.54) is 6.33 Å². The van der Waals surface area contributed by atoms with Crippen LogP contribution in [0.4, 0.5) is 10.5 Å². The van der Waals surface area contributed by atoms with Crippen molar-refractivity contribution < 1.29 is 4.79 Å². The van der Waals surface area contributed by atoms with Crippen molar-refractivity contribution in [2.75, 3.05) is 11.9 Å². The Kier molecular flexibility index (Phi) is 4.24. The van der Waals surface area contributed by atoms with Crippen molar-refractivity contribution in [3.05, 3.63) is 54.6 Å². The molecule has 0 unspecified atom stereocenters. The van der Waals surface area contributed by atoms with Crippen LogP contribution in [-0.4, -0.2) is 22.5 Å². The SMILES string of the molecule is O=C(NCCc1cncnc1)Nc1ccccc1. The van der Waals surface area contributed by atoms with Crippen molar-refractivity contribution in [3.63, 3.8) is 0 Å². The molecule has 0 saturated heterocycles. The van der Waals surface area contributed by atoms with Gasteiger partial charge in [-0.3, -0.25) is 0 Å². The lowest BCUT2D eigenvalue weighted by Crippen LogP contribution is -2.30. The monoisotopic (exact) mass is 242 g/mol. The zero-order chi connectivity index (χ0) is 12.6. The molecule has 1 aromatic carbocycles. The average molecular weight is 242 g/mol. The van der Waals surface area contributed by atoms with E-state index in [0.29, 0.717) is 13.0 Å². The lowest BCUT2D eigenvalue weighted by molar-refractivity contribution is 0.252. The molecule has 0 atom stereocenters. The topological polar surface area (TPSA) is 66.9 Å². The Bertz CT molecular complexity index is 487. The molecule has 2 aromatic rings. The van der Waals surface area contributed by atoms with Gasteiger partial charge in [-0.1, -0.05) is 18.2 Å². The fraction of sp³-hybridized carbons (Fsp3) is 0.154. The second-order valence-electron chi connectivity index (χ2n) is 3.74. The summed E-state index contributed by atoms with van der Waals surface area (Å²) in [5, 5.41) is 5.52. The fourth-order valence-electron chi connectivity index (χ4n) is 1.48. The normalized spacial score (nSPS) is 9.78. The first kappa shape index (κ1) is 12.0. The number of anilines is 1. The fourth-order valence-corrected chi connectivity index (χ4v) is 1.48. The van der Waals surface area contributed by atoms with Gasteiger partial charge in [0, 0.05) is 24.6 Å². The molecule has 0 aliphatic rings. The zero-order valence-corrected chi connectivity index (χ0v) is 9.84. The van der Waals surface area contributed by atoms with Crippen LogP contribution in [0.5, 0.6) is 0 Å². The second kappa shape index (κ2) is 6.34. The average Bonchev–Trinajstić information content (AvgIpc) is 2.41. The number of nitrogens with zero attached hydrogens (tertiary/aromatic N) is 2. The Morgan fingerprint density at radius 2 is 1.83 bits per heavy atom. The highest BCUT2D eigenvalue weighted by Gasteiger charge is 2.00. The van der Waals surface area contributed by atoms with Crippen LogP contribution in [0.3, 0.4) is 0 Å². The third-order valence-electron chi connectivity index (χ3n) is 2.34. The number of aromatic nitrogens is 2. The summed E-state index contributed by atoms with van der Waals surface area (Å²) in [6.45, 7) is 0.548. The van der Waals surface area contributed by atoms with E-state index in [1.54, 1.807) is 12.4 Å². The Morgan fingerprint density at radius 1 is 1.11 bits per heavy atom. The van der Waals surface area contributed by atoms with Gasteiger partial charge in [0.2, 0.25) is 0 Å². The number of hydrogen-bond acceptors (Lipinski definition) is 3. The quantitative estimate of drug-likeness (QED) is 0.859. The zero-order valence-electron chi connectivity index (χ0n) is 9.84. The first-order valence-electron chi connectivity index (χ1n) is 5.68. The molecule has 0 aliphatic carbocycles. The lowest BCUT2D eigenvalue weighted by atomic mass is 10.2. The van der Waals surface area contributed by atoms with Crippen molar-refractivity contribution in [1.82, 2.24) is 15.3 Å². The third kappa shape index (κ3) is 3.86. The summed E-state index contributed by atoms with van der Waals surface area (Å²) < 4.78 is 0. The number of carbonyl (C=O) groups is 1. The molecule has 0 fully saturated rings. The van der Waals surface area contributed by atoms with Gasteiger partial charge < -0.3 is 10.6 Å². The molecule has 0 bridgehead atoms. The summed E-state index contributed by atoms with van der Waals surface area (Å²) in [5.41, 5.74) is 1.77. The molecular formula is C13H14N4O. The molecule has 5 heteroatoms. The first-order valence-corrected chi connectivity index (χ1v) is 5.68. The summed E-state index contributed by atoms with van der Waals surface area (Å²) in [6.07, 6.45) is 5.68. The van der Waals surface area contributed by atoms with E-state index in [-0.39, 0.29) is 6.03 Å². The smallest absolute Gasteiger partial charge is 0.319 e. The number of carbonyl (C=O) groups excluding carboxylic acids is 1. The van der Waals surface area contributed by atoms with Gasteiger partial charge in [0.15, 0.2) is 0 Å². The van der Waals surface area contributed by atoms with Gasteiger partial charge in [-0.2, -0.15) is 0 Å². The maximum absolute atomic E-state index is 11.5. The van der Waals surface area contributed by atoms with Crippen LogP contribution in [0.1, 0.15) is 5.56 Å². The first-order chi connectivity index (χ1) is 8.84. The molecule has 1 aromatic heterocycles. The molecule has 0 radical (unpaired) electrons. The summed E-state index contributed by atoms with van der Waals surface area (Å²) >= 11 is 0. The maximum atomic E-state index is 11.5.